The number of rotatable bonds is 30. The van der Waals surface area contributed by atoms with Crippen molar-refractivity contribution < 1.29 is 147 Å². The molecule has 2 aromatic rings. The van der Waals surface area contributed by atoms with Crippen LogP contribution >= 0.6 is 23.2 Å². The summed E-state index contributed by atoms with van der Waals surface area (Å²) in [5.41, 5.74) is 0. The van der Waals surface area contributed by atoms with E-state index in [4.69, 9.17) is 75.7 Å². The van der Waals surface area contributed by atoms with Gasteiger partial charge in [-0.25, -0.2) is 13.6 Å². The van der Waals surface area contributed by atoms with E-state index < -0.39 is 74.1 Å². The first-order valence-electron chi connectivity index (χ1n) is 36.4. The Morgan fingerprint density at radius 3 is 1.17 bits per heavy atom. The number of hydrogen-bond acceptors (Lipinski definition) is 21. The third-order valence-corrected chi connectivity index (χ3v) is 20.1. The molecule has 0 spiro atoms. The van der Waals surface area contributed by atoms with Crippen molar-refractivity contribution in [1.29, 1.82) is 0 Å². The van der Waals surface area contributed by atoms with Crippen LogP contribution < -0.4 is 20.1 Å². The lowest BCUT2D eigenvalue weighted by atomic mass is 9.92. The van der Waals surface area contributed by atoms with Gasteiger partial charge in [0.25, 0.3) is 5.91 Å². The van der Waals surface area contributed by atoms with E-state index in [0.717, 1.165) is 83.3 Å². The molecule has 4 aliphatic carbocycles. The highest BCUT2D eigenvalue weighted by molar-refractivity contribution is 6.31. The van der Waals surface area contributed by atoms with Crippen LogP contribution in [0.3, 0.4) is 0 Å². The van der Waals surface area contributed by atoms with Gasteiger partial charge in [0.2, 0.25) is 0 Å². The fraction of sp³-hybridized carbons (Fsp3) is 0.789. The summed E-state index contributed by atoms with van der Waals surface area (Å²) in [7, 11) is 6.81. The molecular formula is C71H105Cl2F14N5O18. The number of carbonyl (C=O) groups is 3. The Balaban J connectivity index is 0.000000248. The van der Waals surface area contributed by atoms with Gasteiger partial charge >= 0.3 is 31.4 Å². The summed E-state index contributed by atoms with van der Waals surface area (Å²) in [6.07, 6.45) is -14.5. The smallest absolute Gasteiger partial charge is 0.484 e. The molecule has 4 heterocycles. The first-order chi connectivity index (χ1) is 51.8. The molecule has 634 valence electrons. The number of alkyl halides is 12. The third-order valence-electron chi connectivity index (χ3n) is 19.5. The highest BCUT2D eigenvalue weighted by Gasteiger charge is 2.44. The van der Waals surface area contributed by atoms with Crippen molar-refractivity contribution in [2.45, 2.75) is 203 Å². The van der Waals surface area contributed by atoms with E-state index in [9.17, 15) is 75.8 Å². The molecule has 1 amide bonds. The average Bonchev–Trinajstić information content (AvgIpc) is 0.851. The van der Waals surface area contributed by atoms with Crippen LogP contribution in [0.15, 0.2) is 36.4 Å². The number of likely N-dealkylation sites (tertiary alicyclic amines) is 3. The van der Waals surface area contributed by atoms with E-state index >= 15 is 0 Å². The van der Waals surface area contributed by atoms with Crippen LogP contribution in [0.2, 0.25) is 10.0 Å². The van der Waals surface area contributed by atoms with E-state index in [1.807, 2.05) is 0 Å². The second-order valence-electron chi connectivity index (χ2n) is 27.8. The zero-order chi connectivity index (χ0) is 81.4. The Morgan fingerprint density at radius 1 is 0.500 bits per heavy atom. The molecule has 8 atom stereocenters. The van der Waals surface area contributed by atoms with Crippen LogP contribution in [0.5, 0.6) is 11.5 Å². The fourth-order valence-electron chi connectivity index (χ4n) is 12.7. The molecule has 10 rings (SSSR count). The number of hydrogen-bond donors (Lipinski definition) is 3. The second-order valence-corrected chi connectivity index (χ2v) is 28.6. The summed E-state index contributed by atoms with van der Waals surface area (Å²) in [6, 6.07) is 7.46. The Morgan fingerprint density at radius 2 is 0.845 bits per heavy atom. The van der Waals surface area contributed by atoms with Gasteiger partial charge in [-0.15, -0.1) is 52.7 Å². The van der Waals surface area contributed by atoms with Gasteiger partial charge in [-0.05, 0) is 87.3 Å². The number of nitrogens with zero attached hydrogens (tertiary/aromatic N) is 3. The van der Waals surface area contributed by atoms with Gasteiger partial charge in [-0.2, -0.15) is 0 Å². The molecule has 110 heavy (non-hydrogen) atoms. The zero-order valence-electron chi connectivity index (χ0n) is 62.6. The quantitative estimate of drug-likeness (QED) is 0.0487. The van der Waals surface area contributed by atoms with Crippen molar-refractivity contribution in [2.24, 2.45) is 17.8 Å². The Hall–Kier alpha value is -4.39. The van der Waals surface area contributed by atoms with E-state index in [1.54, 1.807) is 28.4 Å². The Labute approximate surface area is 641 Å². The van der Waals surface area contributed by atoms with Gasteiger partial charge < -0.3 is 67.9 Å². The first-order valence-corrected chi connectivity index (χ1v) is 37.1. The molecule has 23 nitrogen and oxygen atoms in total. The van der Waals surface area contributed by atoms with E-state index in [-0.39, 0.29) is 115 Å². The topological polar surface area (TPSA) is 234 Å². The summed E-state index contributed by atoms with van der Waals surface area (Å²) in [4.78, 5) is 38.9. The van der Waals surface area contributed by atoms with Crippen molar-refractivity contribution in [2.75, 3.05) is 140 Å². The maximum absolute atomic E-state index is 13.5. The number of methoxy groups -OCH3 is 4. The molecule has 39 heteroatoms. The number of amides is 1. The van der Waals surface area contributed by atoms with Gasteiger partial charge in [0.1, 0.15) is 36.0 Å². The number of piperidine rings is 4. The molecule has 0 bridgehead atoms. The lowest BCUT2D eigenvalue weighted by molar-refractivity contribution is -0.358. The summed E-state index contributed by atoms with van der Waals surface area (Å²) >= 11 is 11.0. The second kappa shape index (κ2) is 48.2. The van der Waals surface area contributed by atoms with Gasteiger partial charge in [-0.3, -0.25) is 38.4 Å². The van der Waals surface area contributed by atoms with Crippen LogP contribution in [-0.4, -0.2) is 283 Å². The van der Waals surface area contributed by atoms with Crippen molar-refractivity contribution in [3.05, 3.63) is 58.1 Å². The summed E-state index contributed by atoms with van der Waals surface area (Å²) in [5, 5.41) is 14.4. The molecule has 2 aromatic carbocycles. The number of halogens is 16. The van der Waals surface area contributed by atoms with Gasteiger partial charge in [0.05, 0.1) is 109 Å². The molecule has 4 saturated carbocycles. The number of carbonyl (C=O) groups excluding carboxylic acids is 2. The molecule has 0 aromatic heterocycles. The standard InChI is InChI=1S/C21H27ClF4N2O5.2C14H24F3NO3.C8H6ClFO3.C7H9F3O3.C7H15NO/c1-30-19-11-28(6-7-31-14-8-15(9-14)33-21(24,25)26)5-4-18(19)27-20(29)12-32-13-2-3-16(22)17(23)10-13;2*1-10-3-4-18(9-13(10)19-2)5-6-20-11-7-12(8-11)21-14(15,16)17;9-6-2-1-5(3-7(6)10)13-4-8(11)12;8-7(9,10)13-6-3-5(4-6)12-2-1-11;1-6-3-4-8-5-7(6)9-2/h2-3,10,14-15,18-19H,4-9,11-12H2,1H3,(H,27,29);2*10-13H,3-9H2,1-2H3;1-3H,4H2,(H,11,12);1,5-6H,2-4H2;6-8H,3-5H2,1-2H3/t14?,15?,18-,19-;2*10-,11?,12?,13-;;;6-,7-/m111..1/s1. The number of carboxylic acid groups (broad SMARTS) is 1. The van der Waals surface area contributed by atoms with E-state index in [0.29, 0.717) is 95.8 Å². The highest BCUT2D eigenvalue weighted by atomic mass is 35.5. The van der Waals surface area contributed by atoms with Crippen LogP contribution in [0, 0.1) is 29.4 Å². The number of carboxylic acids is 1. The van der Waals surface area contributed by atoms with Crippen LogP contribution in [-0.2, 0) is 71.2 Å². The van der Waals surface area contributed by atoms with Crippen LogP contribution in [0.4, 0.5) is 61.5 Å². The Bertz CT molecular complexity index is 2880. The summed E-state index contributed by atoms with van der Waals surface area (Å²) in [6.45, 7) is 16.8. The number of aliphatic carboxylic acids is 1. The van der Waals surface area contributed by atoms with E-state index in [2.05, 4.69) is 65.1 Å². The maximum Gasteiger partial charge on any atom is 0.522 e. The van der Waals surface area contributed by atoms with Crippen molar-refractivity contribution >= 4 is 41.4 Å². The molecule has 8 fully saturated rings. The molecule has 8 aliphatic rings. The maximum atomic E-state index is 13.5. The lowest BCUT2D eigenvalue weighted by Crippen LogP contribution is -2.56. The van der Waals surface area contributed by atoms with Crippen molar-refractivity contribution in [3.8, 4) is 11.5 Å². The minimum absolute atomic E-state index is 0.0253. The minimum Gasteiger partial charge on any atom is -0.484 e. The normalized spacial score (nSPS) is 28.5. The van der Waals surface area contributed by atoms with Crippen molar-refractivity contribution in [3.63, 3.8) is 0 Å². The lowest BCUT2D eigenvalue weighted by Gasteiger charge is -2.39. The molecule has 4 saturated heterocycles. The number of ether oxygens (including phenoxy) is 14. The molecule has 0 unspecified atom stereocenters. The minimum atomic E-state index is -4.61. The SMILES string of the molecule is CO[C@@H]1CN(CCOC2CC(OC(F)(F)F)C2)CC[C@H]1C.CO[C@@H]1CN(CCOC2CC(OC(F)(F)F)C2)CC[C@H]1C.CO[C@@H]1CN(CCOC2CC(OC(F)(F)F)C2)CC[C@H]1NC(=O)COc1ccc(Cl)c(F)c1.CO[C@@H]1CNCC[C@H]1C.O=C(O)COc1ccc(Cl)c(F)c1.O=CCOC1CC(OC(F)(F)F)C1. The summed E-state index contributed by atoms with van der Waals surface area (Å²) < 4.78 is 238. The molecule has 4 aliphatic heterocycles. The van der Waals surface area contributed by atoms with Crippen LogP contribution in [0.25, 0.3) is 0 Å². The number of nitrogens with one attached hydrogen (secondary N) is 2. The highest BCUT2D eigenvalue weighted by Crippen LogP contribution is 2.36. The van der Waals surface area contributed by atoms with E-state index in [1.165, 1.54) is 30.7 Å². The fourth-order valence-corrected chi connectivity index (χ4v) is 13.0. The Kier molecular flexibility index (Phi) is 42.2. The average molecular weight is 1650 g/mol. The number of aldehydes is 1. The largest absolute Gasteiger partial charge is 0.522 e. The van der Waals surface area contributed by atoms with Crippen LogP contribution in [0.1, 0.15) is 97.8 Å². The van der Waals surface area contributed by atoms with Gasteiger partial charge in [-0.1, -0.05) is 44.0 Å². The van der Waals surface area contributed by atoms with Gasteiger partial charge in [0, 0.05) is 144 Å². The first kappa shape index (κ1) is 96.2. The third kappa shape index (κ3) is 38.8. The summed E-state index contributed by atoms with van der Waals surface area (Å²) in [5.74, 6) is -0.515. The molecule has 3 N–H and O–H groups in total. The number of benzene rings is 2. The monoisotopic (exact) mass is 1650 g/mol. The van der Waals surface area contributed by atoms with Gasteiger partial charge in [0.15, 0.2) is 13.2 Å². The van der Waals surface area contributed by atoms with Crippen molar-refractivity contribution in [1.82, 2.24) is 25.3 Å². The molecular weight excluding hydrogens is 1550 g/mol. The predicted octanol–water partition coefficient (Wildman–Crippen LogP) is 11.8. The molecule has 0 radical (unpaired) electrons. The predicted molar refractivity (Wildman–Crippen MR) is 370 cm³/mol. The zero-order valence-corrected chi connectivity index (χ0v) is 64.1.